The van der Waals surface area contributed by atoms with E-state index in [0.717, 1.165) is 17.1 Å². The molecule has 0 fully saturated rings. The average molecular weight is 349 g/mol. The van der Waals surface area contributed by atoms with Gasteiger partial charge in [0.25, 0.3) is 0 Å². The van der Waals surface area contributed by atoms with E-state index in [1.807, 2.05) is 24.3 Å². The highest BCUT2D eigenvalue weighted by atomic mass is 32.2. The molecular weight excluding hydrogens is 330 g/mol. The Hall–Kier alpha value is -2.43. The molecule has 1 N–H and O–H groups in total. The van der Waals surface area contributed by atoms with Gasteiger partial charge in [-0.1, -0.05) is 50.2 Å². The van der Waals surface area contributed by atoms with Crippen LogP contribution in [0.15, 0.2) is 77.7 Å². The van der Waals surface area contributed by atoms with Crippen molar-refractivity contribution in [1.29, 1.82) is 0 Å². The first kappa shape index (κ1) is 16.1. The topological polar surface area (TPSA) is 40.5 Å². The molecule has 3 aromatic carbocycles. The van der Waals surface area contributed by atoms with Crippen molar-refractivity contribution >= 4 is 28.1 Å². The highest BCUT2D eigenvalue weighted by molar-refractivity contribution is 7.79. The zero-order valence-electron chi connectivity index (χ0n) is 14.1. The Bertz CT molecular complexity index is 914. The van der Waals surface area contributed by atoms with Crippen molar-refractivity contribution < 1.29 is 8.76 Å². The van der Waals surface area contributed by atoms with Gasteiger partial charge >= 0.3 is 0 Å². The minimum absolute atomic E-state index is 0.0871. The first-order chi connectivity index (χ1) is 12.0. The van der Waals surface area contributed by atoms with Crippen molar-refractivity contribution in [2.75, 3.05) is 4.90 Å². The SMILES string of the molecule is CC1(C)c2ccccc2N(c2ccc(S(=O)O)cc2)c2ccccc21. The fraction of sp³-hybridized carbons (Fsp3) is 0.143. The molecule has 0 radical (unpaired) electrons. The highest BCUT2D eigenvalue weighted by Crippen LogP contribution is 2.51. The number of fused-ring (bicyclic) bond motifs is 2. The van der Waals surface area contributed by atoms with Crippen molar-refractivity contribution in [1.82, 2.24) is 0 Å². The predicted molar refractivity (Wildman–Crippen MR) is 102 cm³/mol. The lowest BCUT2D eigenvalue weighted by Crippen LogP contribution is -2.30. The van der Waals surface area contributed by atoms with E-state index in [4.69, 9.17) is 0 Å². The van der Waals surface area contributed by atoms with Crippen LogP contribution in [0.4, 0.5) is 17.1 Å². The summed E-state index contributed by atoms with van der Waals surface area (Å²) in [7, 11) is 0. The van der Waals surface area contributed by atoms with Crippen LogP contribution in [0.25, 0.3) is 0 Å². The van der Waals surface area contributed by atoms with Gasteiger partial charge in [-0.15, -0.1) is 0 Å². The summed E-state index contributed by atoms with van der Waals surface area (Å²) < 4.78 is 20.5. The van der Waals surface area contributed by atoms with Gasteiger partial charge < -0.3 is 9.45 Å². The van der Waals surface area contributed by atoms with Crippen LogP contribution in [0.1, 0.15) is 25.0 Å². The molecule has 1 aliphatic heterocycles. The maximum Gasteiger partial charge on any atom is 0.186 e. The Morgan fingerprint density at radius 2 is 1.28 bits per heavy atom. The zero-order chi connectivity index (χ0) is 17.6. The average Bonchev–Trinajstić information content (AvgIpc) is 2.62. The molecule has 126 valence electrons. The van der Waals surface area contributed by atoms with E-state index in [1.165, 1.54) is 11.1 Å². The standard InChI is InChI=1S/C21H19NO2S/c1-21(2)17-7-3-5-9-19(17)22(20-10-6-4-8-18(20)21)15-11-13-16(14-12-15)25(23)24/h3-14H,1-2H3,(H,23,24). The molecule has 0 bridgehead atoms. The minimum atomic E-state index is -1.96. The van der Waals surface area contributed by atoms with Crippen LogP contribution in [-0.4, -0.2) is 8.76 Å². The summed E-state index contributed by atoms with van der Waals surface area (Å²) >= 11 is -1.96. The van der Waals surface area contributed by atoms with Crippen LogP contribution in [0, 0.1) is 0 Å². The Morgan fingerprint density at radius 1 is 0.800 bits per heavy atom. The summed E-state index contributed by atoms with van der Waals surface area (Å²) in [6, 6.07) is 24.1. The second-order valence-corrected chi connectivity index (χ2v) is 7.71. The molecule has 25 heavy (non-hydrogen) atoms. The normalized spacial score (nSPS) is 16.0. The molecule has 0 aromatic heterocycles. The molecule has 0 saturated carbocycles. The molecule has 1 heterocycles. The second-order valence-electron chi connectivity index (χ2n) is 6.74. The van der Waals surface area contributed by atoms with Gasteiger partial charge in [0.15, 0.2) is 11.1 Å². The summed E-state index contributed by atoms with van der Waals surface area (Å²) in [6.45, 7) is 4.50. The van der Waals surface area contributed by atoms with E-state index in [9.17, 15) is 8.76 Å². The third kappa shape index (κ3) is 2.49. The van der Waals surface area contributed by atoms with Crippen molar-refractivity contribution in [3.05, 3.63) is 83.9 Å². The molecule has 4 rings (SSSR count). The Balaban J connectivity index is 1.96. The van der Waals surface area contributed by atoms with Crippen LogP contribution in [0.5, 0.6) is 0 Å². The summed E-state index contributed by atoms with van der Waals surface area (Å²) in [5.74, 6) is 0. The molecule has 1 atom stereocenters. The fourth-order valence-corrected chi connectivity index (χ4v) is 4.03. The van der Waals surface area contributed by atoms with E-state index in [1.54, 1.807) is 12.1 Å². The molecule has 1 unspecified atom stereocenters. The first-order valence-electron chi connectivity index (χ1n) is 8.20. The number of hydrogen-bond acceptors (Lipinski definition) is 2. The first-order valence-corrected chi connectivity index (χ1v) is 9.31. The lowest BCUT2D eigenvalue weighted by atomic mass is 9.73. The molecule has 3 aromatic rings. The van der Waals surface area contributed by atoms with Crippen molar-refractivity contribution in [2.24, 2.45) is 0 Å². The lowest BCUT2D eigenvalue weighted by molar-refractivity contribution is 0.564. The number of rotatable bonds is 2. The van der Waals surface area contributed by atoms with Gasteiger partial charge in [0, 0.05) is 11.1 Å². The number of benzene rings is 3. The summed E-state index contributed by atoms with van der Waals surface area (Å²) in [5.41, 5.74) is 5.71. The van der Waals surface area contributed by atoms with E-state index in [0.29, 0.717) is 4.90 Å². The van der Waals surface area contributed by atoms with Gasteiger partial charge in [-0.25, -0.2) is 4.21 Å². The number of anilines is 3. The molecular formula is C21H19NO2S. The van der Waals surface area contributed by atoms with Crippen molar-refractivity contribution in [3.63, 3.8) is 0 Å². The summed E-state index contributed by atoms with van der Waals surface area (Å²) in [6.07, 6.45) is 0. The summed E-state index contributed by atoms with van der Waals surface area (Å²) in [5, 5.41) is 0. The van der Waals surface area contributed by atoms with E-state index in [2.05, 4.69) is 55.1 Å². The van der Waals surface area contributed by atoms with Gasteiger partial charge in [-0.3, -0.25) is 0 Å². The smallest absolute Gasteiger partial charge is 0.186 e. The Morgan fingerprint density at radius 3 is 1.76 bits per heavy atom. The summed E-state index contributed by atoms with van der Waals surface area (Å²) in [4.78, 5) is 2.63. The third-order valence-corrected chi connectivity index (χ3v) is 5.61. The van der Waals surface area contributed by atoms with E-state index in [-0.39, 0.29) is 5.41 Å². The quantitative estimate of drug-likeness (QED) is 0.632. The van der Waals surface area contributed by atoms with E-state index >= 15 is 0 Å². The highest BCUT2D eigenvalue weighted by Gasteiger charge is 2.36. The molecule has 0 saturated heterocycles. The van der Waals surface area contributed by atoms with Crippen LogP contribution in [-0.2, 0) is 16.5 Å². The van der Waals surface area contributed by atoms with Crippen LogP contribution in [0.3, 0.4) is 0 Å². The number of nitrogens with zero attached hydrogens (tertiary/aromatic N) is 1. The van der Waals surface area contributed by atoms with Crippen LogP contribution < -0.4 is 4.90 Å². The number of para-hydroxylation sites is 2. The number of hydrogen-bond donors (Lipinski definition) is 1. The van der Waals surface area contributed by atoms with Gasteiger partial charge in [0.2, 0.25) is 0 Å². The van der Waals surface area contributed by atoms with E-state index < -0.39 is 11.1 Å². The van der Waals surface area contributed by atoms with Gasteiger partial charge in [-0.2, -0.15) is 0 Å². The maximum absolute atomic E-state index is 11.3. The molecule has 1 aliphatic rings. The monoisotopic (exact) mass is 349 g/mol. The molecule has 0 aliphatic carbocycles. The van der Waals surface area contributed by atoms with Crippen LogP contribution >= 0.6 is 0 Å². The van der Waals surface area contributed by atoms with Crippen molar-refractivity contribution in [2.45, 2.75) is 24.2 Å². The largest absolute Gasteiger partial charge is 0.310 e. The molecule has 4 heteroatoms. The molecule has 3 nitrogen and oxygen atoms in total. The zero-order valence-corrected chi connectivity index (χ0v) is 15.0. The predicted octanol–water partition coefficient (Wildman–Crippen LogP) is 5.38. The van der Waals surface area contributed by atoms with Gasteiger partial charge in [0.1, 0.15) is 0 Å². The van der Waals surface area contributed by atoms with Gasteiger partial charge in [-0.05, 0) is 47.5 Å². The third-order valence-electron chi connectivity index (χ3n) is 4.93. The van der Waals surface area contributed by atoms with Crippen LogP contribution in [0.2, 0.25) is 0 Å². The van der Waals surface area contributed by atoms with Gasteiger partial charge in [0.05, 0.1) is 16.3 Å². The van der Waals surface area contributed by atoms with Crippen molar-refractivity contribution in [3.8, 4) is 0 Å². The molecule has 0 spiro atoms. The second kappa shape index (κ2) is 5.83. The lowest BCUT2D eigenvalue weighted by Gasteiger charge is -2.42. The maximum atomic E-state index is 11.3. The fourth-order valence-electron chi connectivity index (χ4n) is 3.66. The molecule has 0 amide bonds. The Labute approximate surface area is 150 Å². The minimum Gasteiger partial charge on any atom is -0.310 e. The Kier molecular flexibility index (Phi) is 3.74.